The van der Waals surface area contributed by atoms with Crippen LogP contribution in [0.4, 0.5) is 21.9 Å². The minimum atomic E-state index is -1.29. The number of rotatable bonds is 14. The minimum Gasteiger partial charge on any atom is -0.428 e. The van der Waals surface area contributed by atoms with Gasteiger partial charge in [0.25, 0.3) is 0 Å². The first kappa shape index (κ1) is 32.6. The van der Waals surface area contributed by atoms with Gasteiger partial charge in [-0.25, -0.2) is 9.59 Å². The van der Waals surface area contributed by atoms with E-state index in [1.165, 1.54) is 6.92 Å². The fraction of sp³-hybridized carbons (Fsp3) is 0.516. The second-order valence-corrected chi connectivity index (χ2v) is 11.0. The number of carbonyl (C=O) groups is 3. The number of benzene rings is 2. The molecule has 2 rings (SSSR count). The summed E-state index contributed by atoms with van der Waals surface area (Å²) in [5.41, 5.74) is 4.23. The molecule has 2 aromatic carbocycles. The molecule has 0 aliphatic heterocycles. The molecule has 3 N–H and O–H groups in total. The number of ether oxygens (including phenoxy) is 2. The van der Waals surface area contributed by atoms with Gasteiger partial charge in [0, 0.05) is 18.8 Å². The Kier molecular flexibility index (Phi) is 12.9. The van der Waals surface area contributed by atoms with Crippen LogP contribution in [0, 0.1) is 18.8 Å². The van der Waals surface area contributed by atoms with Crippen LogP contribution in [-0.2, 0) is 19.1 Å². The maximum atomic E-state index is 13.1. The number of amides is 2. The lowest BCUT2D eigenvalue weighted by atomic mass is 9.92. The number of hydrogen-bond donors (Lipinski definition) is 3. The molecule has 2 amide bonds. The number of anilines is 3. The summed E-state index contributed by atoms with van der Waals surface area (Å²) in [6.45, 7) is 15.0. The van der Waals surface area contributed by atoms with Gasteiger partial charge in [-0.05, 0) is 67.9 Å². The number of hydrogen-bond acceptors (Lipinski definition) is 7. The van der Waals surface area contributed by atoms with Crippen LogP contribution < -0.4 is 15.5 Å². The Labute approximate surface area is 238 Å². The minimum absolute atomic E-state index is 0.0682. The van der Waals surface area contributed by atoms with Gasteiger partial charge in [-0.15, -0.1) is 0 Å². The summed E-state index contributed by atoms with van der Waals surface area (Å²) < 4.78 is 9.78. The van der Waals surface area contributed by atoms with Gasteiger partial charge in [0.15, 0.2) is 0 Å². The highest BCUT2D eigenvalue weighted by Gasteiger charge is 2.21. The highest BCUT2D eigenvalue weighted by Crippen LogP contribution is 2.34. The Morgan fingerprint density at radius 1 is 0.900 bits per heavy atom. The maximum absolute atomic E-state index is 13.1. The third kappa shape index (κ3) is 10.9. The smallest absolute Gasteiger partial charge is 0.337 e. The van der Waals surface area contributed by atoms with Crippen molar-refractivity contribution in [2.75, 3.05) is 35.4 Å². The number of esters is 2. The summed E-state index contributed by atoms with van der Waals surface area (Å²) in [5.74, 6) is -0.745. The average molecular weight is 556 g/mol. The van der Waals surface area contributed by atoms with E-state index in [2.05, 4.69) is 43.2 Å². The van der Waals surface area contributed by atoms with E-state index >= 15 is 0 Å². The third-order valence-electron chi connectivity index (χ3n) is 6.23. The number of nitrogens with zero attached hydrogens (tertiary/aromatic N) is 1. The van der Waals surface area contributed by atoms with Crippen LogP contribution in [0.5, 0.6) is 0 Å². The second kappa shape index (κ2) is 15.9. The average Bonchev–Trinajstić information content (AvgIpc) is 2.87. The van der Waals surface area contributed by atoms with Crippen LogP contribution >= 0.6 is 0 Å². The first-order valence-corrected chi connectivity index (χ1v) is 13.9. The summed E-state index contributed by atoms with van der Waals surface area (Å²) >= 11 is 0. The Hall–Kier alpha value is -3.59. The summed E-state index contributed by atoms with van der Waals surface area (Å²) in [4.78, 5) is 39.2. The monoisotopic (exact) mass is 555 g/mol. The quantitative estimate of drug-likeness (QED) is 0.191. The normalized spacial score (nSPS) is 12.6. The molecule has 9 heteroatoms. The number of aliphatic hydroxyl groups is 1. The molecule has 0 saturated carbocycles. The molecule has 0 saturated heterocycles. The second-order valence-electron chi connectivity index (χ2n) is 11.0. The van der Waals surface area contributed by atoms with Crippen molar-refractivity contribution in [1.82, 2.24) is 0 Å². The topological polar surface area (TPSA) is 117 Å². The number of urea groups is 1. The van der Waals surface area contributed by atoms with Gasteiger partial charge < -0.3 is 30.1 Å². The zero-order valence-electron chi connectivity index (χ0n) is 24.8. The van der Waals surface area contributed by atoms with Gasteiger partial charge >= 0.3 is 18.0 Å². The molecule has 40 heavy (non-hydrogen) atoms. The van der Waals surface area contributed by atoms with Gasteiger partial charge in [0.05, 0.1) is 17.8 Å². The summed E-state index contributed by atoms with van der Waals surface area (Å²) in [5, 5.41) is 15.1. The highest BCUT2D eigenvalue weighted by atomic mass is 16.7. The van der Waals surface area contributed by atoms with Gasteiger partial charge in [-0.2, -0.15) is 0 Å². The molecule has 2 aromatic rings. The van der Waals surface area contributed by atoms with E-state index < -0.39 is 24.8 Å². The van der Waals surface area contributed by atoms with Gasteiger partial charge in [0.2, 0.25) is 6.79 Å². The van der Waals surface area contributed by atoms with Crippen molar-refractivity contribution in [2.45, 2.75) is 73.3 Å². The standard InChI is InChI=1S/C31H45N3O6/c1-8-24(16-29(36)39-19-40-30(37)23(7)35)25-11-14-28(34(17-20(2)3)18-21(4)5)27(15-25)33-31(38)32-26-12-9-22(6)10-13-26/h9-15,20-21,23-24,35H,8,16-19H2,1-7H3,(H2,32,33,38). The van der Waals surface area contributed by atoms with Crippen LogP contribution in [0.2, 0.25) is 0 Å². The van der Waals surface area contributed by atoms with Crippen molar-refractivity contribution in [3.63, 3.8) is 0 Å². The van der Waals surface area contributed by atoms with E-state index in [9.17, 15) is 19.5 Å². The van der Waals surface area contributed by atoms with E-state index in [1.54, 1.807) is 0 Å². The molecule has 0 aliphatic rings. The summed E-state index contributed by atoms with van der Waals surface area (Å²) in [6, 6.07) is 13.1. The maximum Gasteiger partial charge on any atom is 0.337 e. The van der Waals surface area contributed by atoms with Crippen molar-refractivity contribution in [3.05, 3.63) is 53.6 Å². The number of aryl methyl sites for hydroxylation is 1. The number of carbonyl (C=O) groups excluding carboxylic acids is 3. The van der Waals surface area contributed by atoms with Gasteiger partial charge in [-0.3, -0.25) is 4.79 Å². The van der Waals surface area contributed by atoms with E-state index in [1.807, 2.05) is 56.3 Å². The SMILES string of the molecule is CCC(CC(=O)OCOC(=O)C(C)O)c1ccc(N(CC(C)C)CC(C)C)c(NC(=O)Nc2ccc(C)cc2)c1. The van der Waals surface area contributed by atoms with E-state index in [4.69, 9.17) is 9.47 Å². The fourth-order valence-electron chi connectivity index (χ4n) is 4.29. The fourth-order valence-corrected chi connectivity index (χ4v) is 4.29. The molecule has 220 valence electrons. The number of nitrogens with one attached hydrogen (secondary N) is 2. The van der Waals surface area contributed by atoms with E-state index in [0.717, 1.165) is 29.9 Å². The number of aliphatic hydroxyl groups excluding tert-OH is 1. The predicted octanol–water partition coefficient (Wildman–Crippen LogP) is 6.07. The molecule has 0 aliphatic carbocycles. The van der Waals surface area contributed by atoms with Gasteiger partial charge in [0.1, 0.15) is 6.10 Å². The summed E-state index contributed by atoms with van der Waals surface area (Å²) in [7, 11) is 0. The molecular formula is C31H45N3O6. The highest BCUT2D eigenvalue weighted by molar-refractivity contribution is 6.02. The Morgan fingerprint density at radius 2 is 1.52 bits per heavy atom. The first-order chi connectivity index (χ1) is 18.9. The molecule has 9 nitrogen and oxygen atoms in total. The van der Waals surface area contributed by atoms with Crippen molar-refractivity contribution in [2.24, 2.45) is 11.8 Å². The lowest BCUT2D eigenvalue weighted by Crippen LogP contribution is -2.32. The molecular weight excluding hydrogens is 510 g/mol. The molecule has 2 unspecified atom stereocenters. The van der Waals surface area contributed by atoms with Crippen LogP contribution in [0.3, 0.4) is 0 Å². The van der Waals surface area contributed by atoms with Crippen molar-refractivity contribution >= 4 is 35.0 Å². The molecule has 0 fully saturated rings. The first-order valence-electron chi connectivity index (χ1n) is 13.9. The van der Waals surface area contributed by atoms with Crippen molar-refractivity contribution in [3.8, 4) is 0 Å². The van der Waals surface area contributed by atoms with Gasteiger partial charge in [-0.1, -0.05) is 58.4 Å². The van der Waals surface area contributed by atoms with Crippen LogP contribution in [0.15, 0.2) is 42.5 Å². The Balaban J connectivity index is 2.30. The molecule has 0 bridgehead atoms. The van der Waals surface area contributed by atoms with Crippen LogP contribution in [0.25, 0.3) is 0 Å². The van der Waals surface area contributed by atoms with Crippen molar-refractivity contribution < 1.29 is 29.0 Å². The van der Waals surface area contributed by atoms with Crippen LogP contribution in [-0.4, -0.2) is 49.1 Å². The Bertz CT molecular complexity index is 1100. The van der Waals surface area contributed by atoms with E-state index in [-0.39, 0.29) is 18.4 Å². The zero-order valence-corrected chi connectivity index (χ0v) is 24.8. The van der Waals surface area contributed by atoms with E-state index in [0.29, 0.717) is 29.6 Å². The molecule has 0 radical (unpaired) electrons. The molecule has 0 heterocycles. The molecule has 2 atom stereocenters. The molecule has 0 aromatic heterocycles. The lowest BCUT2D eigenvalue weighted by molar-refractivity contribution is -0.172. The third-order valence-corrected chi connectivity index (χ3v) is 6.23. The largest absolute Gasteiger partial charge is 0.428 e. The lowest BCUT2D eigenvalue weighted by Gasteiger charge is -2.31. The molecule has 0 spiro atoms. The summed E-state index contributed by atoms with van der Waals surface area (Å²) in [6.07, 6.45) is -0.571. The van der Waals surface area contributed by atoms with Crippen molar-refractivity contribution in [1.29, 1.82) is 0 Å². The Morgan fingerprint density at radius 3 is 2.08 bits per heavy atom. The zero-order chi connectivity index (χ0) is 29.8. The van der Waals surface area contributed by atoms with Crippen LogP contribution in [0.1, 0.15) is 71.4 Å². The predicted molar refractivity (Wildman–Crippen MR) is 159 cm³/mol.